The third-order valence-corrected chi connectivity index (χ3v) is 4.93. The van der Waals surface area contributed by atoms with Crippen LogP contribution in [0.2, 0.25) is 0 Å². The van der Waals surface area contributed by atoms with E-state index in [9.17, 15) is 14.4 Å². The van der Waals surface area contributed by atoms with Crippen LogP contribution in [0.5, 0.6) is 0 Å². The molecule has 6 nitrogen and oxygen atoms in total. The van der Waals surface area contributed by atoms with E-state index in [0.717, 1.165) is 5.56 Å². The highest BCUT2D eigenvalue weighted by Gasteiger charge is 2.24. The molecule has 1 aliphatic rings. The van der Waals surface area contributed by atoms with Crippen molar-refractivity contribution >= 4 is 17.8 Å². The lowest BCUT2D eigenvalue weighted by atomic mass is 9.86. The zero-order valence-electron chi connectivity index (χ0n) is 16.8. The number of rotatable bonds is 5. The molecule has 0 atom stereocenters. The van der Waals surface area contributed by atoms with Gasteiger partial charge in [0.25, 0.3) is 0 Å². The van der Waals surface area contributed by atoms with Gasteiger partial charge >= 0.3 is 5.97 Å². The van der Waals surface area contributed by atoms with Crippen molar-refractivity contribution in [2.75, 3.05) is 33.3 Å². The SMILES string of the molecule is COC(=O)CCC(=O)N1CCN(C(=O)Cc2ccc(C(C)(C)C)cc2)CC1. The maximum Gasteiger partial charge on any atom is 0.306 e. The lowest BCUT2D eigenvalue weighted by Gasteiger charge is -2.35. The predicted octanol–water partition coefficient (Wildman–Crippen LogP) is 2.15. The van der Waals surface area contributed by atoms with E-state index in [1.165, 1.54) is 12.7 Å². The highest BCUT2D eigenvalue weighted by atomic mass is 16.5. The normalized spacial score (nSPS) is 14.8. The first-order valence-electron chi connectivity index (χ1n) is 9.42. The van der Waals surface area contributed by atoms with Crippen molar-refractivity contribution in [1.29, 1.82) is 0 Å². The molecule has 0 N–H and O–H groups in total. The topological polar surface area (TPSA) is 66.9 Å². The van der Waals surface area contributed by atoms with Crippen molar-refractivity contribution in [3.63, 3.8) is 0 Å². The maximum atomic E-state index is 12.5. The van der Waals surface area contributed by atoms with Crippen LogP contribution in [0.25, 0.3) is 0 Å². The van der Waals surface area contributed by atoms with Crippen LogP contribution in [0.3, 0.4) is 0 Å². The van der Waals surface area contributed by atoms with Crippen molar-refractivity contribution in [3.05, 3.63) is 35.4 Å². The largest absolute Gasteiger partial charge is 0.469 e. The lowest BCUT2D eigenvalue weighted by molar-refractivity contribution is -0.144. The van der Waals surface area contributed by atoms with Crippen molar-refractivity contribution in [1.82, 2.24) is 9.80 Å². The molecule has 0 radical (unpaired) electrons. The molecular formula is C21H30N2O4. The summed E-state index contributed by atoms with van der Waals surface area (Å²) >= 11 is 0. The second-order valence-electron chi connectivity index (χ2n) is 7.96. The molecule has 1 aliphatic heterocycles. The Morgan fingerprint density at radius 3 is 1.89 bits per heavy atom. The van der Waals surface area contributed by atoms with Gasteiger partial charge in [0, 0.05) is 32.6 Å². The molecule has 148 valence electrons. The number of ether oxygens (including phenoxy) is 1. The first-order valence-corrected chi connectivity index (χ1v) is 9.42. The number of methoxy groups -OCH3 is 1. The molecule has 1 fully saturated rings. The Balaban J connectivity index is 1.81. The molecule has 0 saturated carbocycles. The van der Waals surface area contributed by atoms with Gasteiger partial charge in [-0.15, -0.1) is 0 Å². The summed E-state index contributed by atoms with van der Waals surface area (Å²) in [5, 5.41) is 0. The minimum Gasteiger partial charge on any atom is -0.469 e. The van der Waals surface area contributed by atoms with Gasteiger partial charge in [-0.1, -0.05) is 45.0 Å². The first kappa shape index (κ1) is 20.9. The van der Waals surface area contributed by atoms with Crippen LogP contribution in [0.15, 0.2) is 24.3 Å². The summed E-state index contributed by atoms with van der Waals surface area (Å²) in [6.45, 7) is 8.58. The van der Waals surface area contributed by atoms with E-state index < -0.39 is 0 Å². The number of piperazine rings is 1. The van der Waals surface area contributed by atoms with Crippen molar-refractivity contribution in [3.8, 4) is 0 Å². The van der Waals surface area contributed by atoms with Gasteiger partial charge in [0.2, 0.25) is 11.8 Å². The summed E-state index contributed by atoms with van der Waals surface area (Å²) in [5.41, 5.74) is 2.35. The fourth-order valence-electron chi connectivity index (χ4n) is 3.08. The van der Waals surface area contributed by atoms with E-state index in [1.54, 1.807) is 4.90 Å². The Morgan fingerprint density at radius 1 is 0.889 bits per heavy atom. The van der Waals surface area contributed by atoms with Gasteiger partial charge in [-0.05, 0) is 16.5 Å². The Bertz CT molecular complexity index is 668. The Morgan fingerprint density at radius 2 is 1.41 bits per heavy atom. The minimum atomic E-state index is -0.380. The van der Waals surface area contributed by atoms with Gasteiger partial charge < -0.3 is 14.5 Å². The van der Waals surface area contributed by atoms with E-state index in [-0.39, 0.29) is 36.0 Å². The predicted molar refractivity (Wildman–Crippen MR) is 103 cm³/mol. The Kier molecular flexibility index (Phi) is 6.99. The summed E-state index contributed by atoms with van der Waals surface area (Å²) in [7, 11) is 1.31. The summed E-state index contributed by atoms with van der Waals surface area (Å²) in [5.74, 6) is -0.361. The summed E-state index contributed by atoms with van der Waals surface area (Å²) in [6, 6.07) is 8.21. The van der Waals surface area contributed by atoms with Crippen LogP contribution < -0.4 is 0 Å². The fraction of sp³-hybridized carbons (Fsp3) is 0.571. The second kappa shape index (κ2) is 9.02. The lowest BCUT2D eigenvalue weighted by Crippen LogP contribution is -2.51. The third-order valence-electron chi connectivity index (χ3n) is 4.93. The van der Waals surface area contributed by atoms with Crippen LogP contribution in [-0.2, 0) is 31.0 Å². The van der Waals surface area contributed by atoms with Gasteiger partial charge in [-0.3, -0.25) is 14.4 Å². The molecule has 1 heterocycles. The molecule has 0 spiro atoms. The number of hydrogen-bond donors (Lipinski definition) is 0. The second-order valence-corrected chi connectivity index (χ2v) is 7.96. The van der Waals surface area contributed by atoms with Crippen molar-refractivity contribution in [2.45, 2.75) is 45.4 Å². The molecule has 0 unspecified atom stereocenters. The molecule has 27 heavy (non-hydrogen) atoms. The molecule has 1 saturated heterocycles. The number of nitrogens with zero attached hydrogens (tertiary/aromatic N) is 2. The molecular weight excluding hydrogens is 344 g/mol. The average Bonchev–Trinajstić information content (AvgIpc) is 2.65. The van der Waals surface area contributed by atoms with Crippen LogP contribution in [0, 0.1) is 0 Å². The zero-order valence-corrected chi connectivity index (χ0v) is 16.8. The van der Waals surface area contributed by atoms with Gasteiger partial charge in [-0.25, -0.2) is 0 Å². The molecule has 0 aromatic heterocycles. The monoisotopic (exact) mass is 374 g/mol. The third kappa shape index (κ3) is 6.08. The summed E-state index contributed by atoms with van der Waals surface area (Å²) in [6.07, 6.45) is 0.625. The number of amides is 2. The number of carbonyl (C=O) groups is 3. The molecule has 0 aliphatic carbocycles. The number of hydrogen-bond acceptors (Lipinski definition) is 4. The van der Waals surface area contributed by atoms with Gasteiger partial charge in [0.15, 0.2) is 0 Å². The van der Waals surface area contributed by atoms with E-state index in [0.29, 0.717) is 32.6 Å². The van der Waals surface area contributed by atoms with Gasteiger partial charge in [0.05, 0.1) is 20.0 Å². The highest BCUT2D eigenvalue weighted by molar-refractivity contribution is 5.82. The smallest absolute Gasteiger partial charge is 0.306 e. The number of benzene rings is 1. The maximum absolute atomic E-state index is 12.5. The zero-order chi connectivity index (χ0) is 20.0. The first-order chi connectivity index (χ1) is 12.7. The fourth-order valence-corrected chi connectivity index (χ4v) is 3.08. The van der Waals surface area contributed by atoms with E-state index in [1.807, 2.05) is 17.0 Å². The molecule has 2 rings (SSSR count). The van der Waals surface area contributed by atoms with Crippen LogP contribution in [0.1, 0.15) is 44.7 Å². The van der Waals surface area contributed by atoms with Crippen molar-refractivity contribution < 1.29 is 19.1 Å². The van der Waals surface area contributed by atoms with E-state index in [2.05, 4.69) is 37.6 Å². The number of carbonyl (C=O) groups excluding carboxylic acids is 3. The molecule has 2 amide bonds. The summed E-state index contributed by atoms with van der Waals surface area (Å²) in [4.78, 5) is 39.3. The quantitative estimate of drug-likeness (QED) is 0.741. The minimum absolute atomic E-state index is 0.0646. The van der Waals surface area contributed by atoms with Crippen LogP contribution in [-0.4, -0.2) is 60.9 Å². The number of esters is 1. The molecule has 0 bridgehead atoms. The average molecular weight is 374 g/mol. The standard InChI is InChI=1S/C21H30N2O4/c1-21(2,3)17-7-5-16(6-8-17)15-19(25)23-13-11-22(12-14-23)18(24)9-10-20(26)27-4/h5-8H,9-15H2,1-4H3. The Labute approximate surface area is 161 Å². The van der Waals surface area contributed by atoms with Crippen LogP contribution in [0.4, 0.5) is 0 Å². The van der Waals surface area contributed by atoms with Gasteiger partial charge in [-0.2, -0.15) is 0 Å². The van der Waals surface area contributed by atoms with Crippen molar-refractivity contribution in [2.24, 2.45) is 0 Å². The molecule has 1 aromatic rings. The van der Waals surface area contributed by atoms with E-state index >= 15 is 0 Å². The Hall–Kier alpha value is -2.37. The van der Waals surface area contributed by atoms with Crippen LogP contribution >= 0.6 is 0 Å². The van der Waals surface area contributed by atoms with E-state index in [4.69, 9.17) is 0 Å². The molecule has 6 heteroatoms. The molecule has 1 aromatic carbocycles. The van der Waals surface area contributed by atoms with Gasteiger partial charge in [0.1, 0.15) is 0 Å². The summed E-state index contributed by atoms with van der Waals surface area (Å²) < 4.78 is 4.56. The highest BCUT2D eigenvalue weighted by Crippen LogP contribution is 2.22.